The molecule has 0 saturated carbocycles. The third-order valence-electron chi connectivity index (χ3n) is 2.89. The van der Waals surface area contributed by atoms with Gasteiger partial charge in [-0.25, -0.2) is 4.79 Å². The largest absolute Gasteiger partial charge is 0.492 e. The lowest BCUT2D eigenvalue weighted by molar-refractivity contribution is 0.0697. The van der Waals surface area contributed by atoms with Crippen LogP contribution in [0.25, 0.3) is 0 Å². The van der Waals surface area contributed by atoms with Gasteiger partial charge in [0.15, 0.2) is 0 Å². The number of nitrogens with one attached hydrogen (secondary N) is 1. The van der Waals surface area contributed by atoms with Crippen molar-refractivity contribution in [2.45, 2.75) is 13.0 Å². The normalized spacial score (nSPS) is 12.1. The number of ether oxygens (including phenoxy) is 1. The van der Waals surface area contributed by atoms with Gasteiger partial charge in [-0.3, -0.25) is 0 Å². The summed E-state index contributed by atoms with van der Waals surface area (Å²) in [4.78, 5) is 10.7. The lowest BCUT2D eigenvalue weighted by Gasteiger charge is -2.12. The molecule has 106 valence electrons. The van der Waals surface area contributed by atoms with Crippen molar-refractivity contribution in [2.75, 3.05) is 13.2 Å². The van der Waals surface area contributed by atoms with Crippen molar-refractivity contribution in [3.05, 3.63) is 54.0 Å². The van der Waals surface area contributed by atoms with Gasteiger partial charge in [-0.15, -0.1) is 0 Å². The van der Waals surface area contributed by atoms with Crippen molar-refractivity contribution >= 4 is 5.97 Å². The predicted molar refractivity (Wildman–Crippen MR) is 74.0 cm³/mol. The molecule has 0 aliphatic rings. The predicted octanol–water partition coefficient (Wildman–Crippen LogP) is 2.71. The molecule has 1 heterocycles. The van der Waals surface area contributed by atoms with E-state index in [1.165, 1.54) is 12.1 Å². The van der Waals surface area contributed by atoms with E-state index in [0.717, 1.165) is 5.76 Å². The second kappa shape index (κ2) is 6.77. The van der Waals surface area contributed by atoms with Crippen molar-refractivity contribution in [3.8, 4) is 5.75 Å². The Morgan fingerprint density at radius 1 is 1.35 bits per heavy atom. The molecule has 1 atom stereocenters. The maximum atomic E-state index is 10.7. The van der Waals surface area contributed by atoms with Crippen LogP contribution in [-0.2, 0) is 0 Å². The Labute approximate surface area is 117 Å². The van der Waals surface area contributed by atoms with Gasteiger partial charge >= 0.3 is 5.97 Å². The highest BCUT2D eigenvalue weighted by Crippen LogP contribution is 2.13. The molecule has 20 heavy (non-hydrogen) atoms. The minimum absolute atomic E-state index is 0.128. The second-order valence-corrected chi connectivity index (χ2v) is 4.37. The van der Waals surface area contributed by atoms with E-state index < -0.39 is 5.97 Å². The number of benzene rings is 1. The smallest absolute Gasteiger partial charge is 0.335 e. The summed E-state index contributed by atoms with van der Waals surface area (Å²) in [6.07, 6.45) is 1.65. The van der Waals surface area contributed by atoms with Gasteiger partial charge in [0.1, 0.15) is 18.1 Å². The molecule has 5 heteroatoms. The van der Waals surface area contributed by atoms with E-state index in [4.69, 9.17) is 14.3 Å². The molecule has 0 saturated heterocycles. The molecule has 2 aromatic rings. The molecule has 1 aromatic heterocycles. The van der Waals surface area contributed by atoms with Crippen LogP contribution in [0.1, 0.15) is 29.1 Å². The van der Waals surface area contributed by atoms with E-state index in [0.29, 0.717) is 18.9 Å². The van der Waals surface area contributed by atoms with Crippen LogP contribution >= 0.6 is 0 Å². The molecule has 2 rings (SSSR count). The van der Waals surface area contributed by atoms with Gasteiger partial charge < -0.3 is 19.6 Å². The van der Waals surface area contributed by atoms with Crippen LogP contribution in [0.2, 0.25) is 0 Å². The first-order chi connectivity index (χ1) is 9.66. The first-order valence-electron chi connectivity index (χ1n) is 6.40. The fourth-order valence-electron chi connectivity index (χ4n) is 1.78. The van der Waals surface area contributed by atoms with E-state index in [1.807, 2.05) is 19.1 Å². The number of carboxylic acid groups (broad SMARTS) is 1. The summed E-state index contributed by atoms with van der Waals surface area (Å²) < 4.78 is 10.8. The maximum absolute atomic E-state index is 10.7. The summed E-state index contributed by atoms with van der Waals surface area (Å²) in [5, 5.41) is 12.1. The first kappa shape index (κ1) is 14.1. The lowest BCUT2D eigenvalue weighted by Crippen LogP contribution is -2.24. The highest BCUT2D eigenvalue weighted by atomic mass is 16.5. The third kappa shape index (κ3) is 3.86. The van der Waals surface area contributed by atoms with Gasteiger partial charge in [0.2, 0.25) is 0 Å². The molecule has 0 radical (unpaired) electrons. The Bertz CT molecular complexity index is 534. The quantitative estimate of drug-likeness (QED) is 0.760. The van der Waals surface area contributed by atoms with Crippen LogP contribution < -0.4 is 10.1 Å². The average Bonchev–Trinajstić information content (AvgIpc) is 2.98. The molecule has 0 aliphatic carbocycles. The Hall–Kier alpha value is -2.27. The maximum Gasteiger partial charge on any atom is 0.335 e. The highest BCUT2D eigenvalue weighted by molar-refractivity contribution is 5.87. The van der Waals surface area contributed by atoms with Gasteiger partial charge in [-0.1, -0.05) is 0 Å². The molecule has 0 spiro atoms. The Balaban J connectivity index is 1.72. The lowest BCUT2D eigenvalue weighted by atomic mass is 10.2. The standard InChI is InChI=1S/C15H17NO4/c1-11(14-3-2-9-20-14)16-8-10-19-13-6-4-12(5-7-13)15(17)18/h2-7,9,11,16H,8,10H2,1H3,(H,17,18)/t11-/m0/s1. The van der Waals surface area contributed by atoms with E-state index in [-0.39, 0.29) is 11.6 Å². The van der Waals surface area contributed by atoms with E-state index in [9.17, 15) is 4.79 Å². The summed E-state index contributed by atoms with van der Waals surface area (Å²) in [5.74, 6) is 0.601. The van der Waals surface area contributed by atoms with Crippen molar-refractivity contribution < 1.29 is 19.1 Å². The summed E-state index contributed by atoms with van der Waals surface area (Å²) in [5.41, 5.74) is 0.252. The van der Waals surface area contributed by atoms with Gasteiger partial charge in [-0.05, 0) is 43.3 Å². The van der Waals surface area contributed by atoms with E-state index in [2.05, 4.69) is 5.32 Å². The van der Waals surface area contributed by atoms with Crippen LogP contribution in [0, 0.1) is 0 Å². The van der Waals surface area contributed by atoms with Crippen LogP contribution in [-0.4, -0.2) is 24.2 Å². The Morgan fingerprint density at radius 2 is 2.10 bits per heavy atom. The van der Waals surface area contributed by atoms with Crippen LogP contribution in [0.3, 0.4) is 0 Å². The number of hydrogen-bond donors (Lipinski definition) is 2. The van der Waals surface area contributed by atoms with E-state index in [1.54, 1.807) is 18.4 Å². The summed E-state index contributed by atoms with van der Waals surface area (Å²) >= 11 is 0. The Kier molecular flexibility index (Phi) is 4.79. The minimum atomic E-state index is -0.939. The molecule has 2 N–H and O–H groups in total. The molecule has 0 bridgehead atoms. The third-order valence-corrected chi connectivity index (χ3v) is 2.89. The topological polar surface area (TPSA) is 71.7 Å². The zero-order chi connectivity index (χ0) is 14.4. The van der Waals surface area contributed by atoms with Crippen LogP contribution in [0.4, 0.5) is 0 Å². The zero-order valence-corrected chi connectivity index (χ0v) is 11.2. The molecule has 0 amide bonds. The Morgan fingerprint density at radius 3 is 2.70 bits per heavy atom. The van der Waals surface area contributed by atoms with Crippen molar-refractivity contribution in [3.63, 3.8) is 0 Å². The van der Waals surface area contributed by atoms with Gasteiger partial charge in [0.05, 0.1) is 17.9 Å². The first-order valence-corrected chi connectivity index (χ1v) is 6.40. The molecule has 5 nitrogen and oxygen atoms in total. The fourth-order valence-corrected chi connectivity index (χ4v) is 1.78. The van der Waals surface area contributed by atoms with Crippen molar-refractivity contribution in [1.82, 2.24) is 5.32 Å². The number of furan rings is 1. The summed E-state index contributed by atoms with van der Waals surface area (Å²) in [6.45, 7) is 3.18. The number of carbonyl (C=O) groups is 1. The summed E-state index contributed by atoms with van der Waals surface area (Å²) in [6, 6.07) is 10.3. The van der Waals surface area contributed by atoms with Gasteiger partial charge in [-0.2, -0.15) is 0 Å². The molecular formula is C15H17NO4. The minimum Gasteiger partial charge on any atom is -0.492 e. The van der Waals surface area contributed by atoms with Crippen LogP contribution in [0.15, 0.2) is 47.1 Å². The number of hydrogen-bond acceptors (Lipinski definition) is 4. The van der Waals surface area contributed by atoms with Crippen molar-refractivity contribution in [2.24, 2.45) is 0 Å². The monoisotopic (exact) mass is 275 g/mol. The van der Waals surface area contributed by atoms with Gasteiger partial charge in [0.25, 0.3) is 0 Å². The number of carboxylic acids is 1. The molecular weight excluding hydrogens is 258 g/mol. The van der Waals surface area contributed by atoms with Gasteiger partial charge in [0, 0.05) is 6.54 Å². The van der Waals surface area contributed by atoms with Crippen LogP contribution in [0.5, 0.6) is 5.75 Å². The van der Waals surface area contributed by atoms with E-state index >= 15 is 0 Å². The molecule has 0 fully saturated rings. The zero-order valence-electron chi connectivity index (χ0n) is 11.2. The second-order valence-electron chi connectivity index (χ2n) is 4.37. The average molecular weight is 275 g/mol. The molecule has 0 unspecified atom stereocenters. The SMILES string of the molecule is C[C@H](NCCOc1ccc(C(=O)O)cc1)c1ccco1. The molecule has 1 aromatic carbocycles. The van der Waals surface area contributed by atoms with Crippen molar-refractivity contribution in [1.29, 1.82) is 0 Å². The number of aromatic carboxylic acids is 1. The summed E-state index contributed by atoms with van der Waals surface area (Å²) in [7, 11) is 0. The fraction of sp³-hybridized carbons (Fsp3) is 0.267. The number of rotatable bonds is 7. The highest BCUT2D eigenvalue weighted by Gasteiger charge is 2.06. The molecule has 0 aliphatic heterocycles.